The fourth-order valence-corrected chi connectivity index (χ4v) is 6.82. The van der Waals surface area contributed by atoms with Gasteiger partial charge >= 0.3 is 0 Å². The molecule has 202 valence electrons. The molecule has 0 saturated heterocycles. The number of hydrogen-bond donors (Lipinski definition) is 2. The Labute approximate surface area is 237 Å². The van der Waals surface area contributed by atoms with Crippen LogP contribution in [0.1, 0.15) is 36.4 Å². The number of hydrogen-bond acceptors (Lipinski definition) is 6. The first-order chi connectivity index (χ1) is 20.0. The third kappa shape index (κ3) is 3.80. The monoisotopic (exact) mass is 538 g/mol. The SMILES string of the molecule is Cc1nn2c(ncc3cc(-c4ccccc4)c(-c4ccc([C@@H]5[C@@H](N)C[C@]5(O)C5CC5)cc4)nc32)c1-c1cccnc1. The van der Waals surface area contributed by atoms with Crippen molar-refractivity contribution in [2.24, 2.45) is 11.7 Å². The van der Waals surface area contributed by atoms with Gasteiger partial charge in [0.1, 0.15) is 0 Å². The summed E-state index contributed by atoms with van der Waals surface area (Å²) in [7, 11) is 0. The van der Waals surface area contributed by atoms with Crippen LogP contribution >= 0.6 is 0 Å². The Balaban J connectivity index is 1.30. The van der Waals surface area contributed by atoms with Gasteiger partial charge in [0.2, 0.25) is 0 Å². The van der Waals surface area contributed by atoms with E-state index < -0.39 is 5.60 Å². The third-order valence-corrected chi connectivity index (χ3v) is 8.99. The van der Waals surface area contributed by atoms with E-state index >= 15 is 0 Å². The molecule has 3 atom stereocenters. The Morgan fingerprint density at radius 3 is 2.39 bits per heavy atom. The van der Waals surface area contributed by atoms with Crippen LogP contribution in [0.4, 0.5) is 0 Å². The second kappa shape index (κ2) is 9.03. The molecule has 0 radical (unpaired) electrons. The van der Waals surface area contributed by atoms with Crippen LogP contribution in [-0.2, 0) is 0 Å². The smallest absolute Gasteiger partial charge is 0.165 e. The van der Waals surface area contributed by atoms with Crippen molar-refractivity contribution in [2.45, 2.75) is 43.7 Å². The van der Waals surface area contributed by atoms with E-state index in [-0.39, 0.29) is 12.0 Å². The molecule has 2 saturated carbocycles. The average molecular weight is 539 g/mol. The summed E-state index contributed by atoms with van der Waals surface area (Å²) in [5.74, 6) is 0.356. The summed E-state index contributed by atoms with van der Waals surface area (Å²) in [4.78, 5) is 14.4. The number of fused-ring (bicyclic) bond motifs is 3. The Morgan fingerprint density at radius 1 is 0.902 bits per heavy atom. The minimum Gasteiger partial charge on any atom is -0.389 e. The van der Waals surface area contributed by atoms with E-state index in [0.29, 0.717) is 12.3 Å². The molecule has 0 aliphatic heterocycles. The first-order valence-electron chi connectivity index (χ1n) is 14.2. The Morgan fingerprint density at radius 2 is 1.68 bits per heavy atom. The highest BCUT2D eigenvalue weighted by Gasteiger charge is 2.59. The summed E-state index contributed by atoms with van der Waals surface area (Å²) in [5, 5.41) is 17.1. The lowest BCUT2D eigenvalue weighted by Gasteiger charge is -2.51. The number of aliphatic hydroxyl groups is 1. The van der Waals surface area contributed by atoms with Crippen molar-refractivity contribution in [2.75, 3.05) is 0 Å². The number of nitrogens with two attached hydrogens (primary N) is 1. The lowest BCUT2D eigenvalue weighted by atomic mass is 9.60. The zero-order chi connectivity index (χ0) is 27.7. The van der Waals surface area contributed by atoms with Crippen LogP contribution in [0.5, 0.6) is 0 Å². The fourth-order valence-electron chi connectivity index (χ4n) is 6.82. The van der Waals surface area contributed by atoms with Gasteiger partial charge in [-0.2, -0.15) is 9.61 Å². The van der Waals surface area contributed by atoms with Crippen LogP contribution in [0.3, 0.4) is 0 Å². The van der Waals surface area contributed by atoms with Crippen LogP contribution in [0.15, 0.2) is 91.4 Å². The summed E-state index contributed by atoms with van der Waals surface area (Å²) < 4.78 is 1.85. The molecule has 4 aromatic heterocycles. The molecule has 0 bridgehead atoms. The van der Waals surface area contributed by atoms with Gasteiger partial charge in [-0.25, -0.2) is 9.97 Å². The Kier molecular flexibility index (Phi) is 5.36. The summed E-state index contributed by atoms with van der Waals surface area (Å²) in [6.45, 7) is 1.99. The van der Waals surface area contributed by atoms with Gasteiger partial charge in [0.05, 0.1) is 22.6 Å². The predicted octanol–water partition coefficient (Wildman–Crippen LogP) is 5.94. The zero-order valence-electron chi connectivity index (χ0n) is 22.8. The number of nitrogens with zero attached hydrogens (tertiary/aromatic N) is 5. The molecule has 2 aromatic carbocycles. The molecule has 2 aliphatic carbocycles. The summed E-state index contributed by atoms with van der Waals surface area (Å²) in [6.07, 6.45) is 8.36. The largest absolute Gasteiger partial charge is 0.389 e. The molecule has 8 rings (SSSR count). The molecular formula is C34H30N6O. The highest BCUT2D eigenvalue weighted by molar-refractivity contribution is 5.92. The Bertz CT molecular complexity index is 1910. The molecular weight excluding hydrogens is 508 g/mol. The van der Waals surface area contributed by atoms with Gasteiger partial charge < -0.3 is 10.8 Å². The van der Waals surface area contributed by atoms with Crippen LogP contribution in [0.25, 0.3) is 50.2 Å². The molecule has 2 aliphatic rings. The van der Waals surface area contributed by atoms with E-state index in [0.717, 1.165) is 74.3 Å². The molecule has 7 nitrogen and oxygen atoms in total. The second-order valence-electron chi connectivity index (χ2n) is 11.6. The van der Waals surface area contributed by atoms with Gasteiger partial charge in [0.25, 0.3) is 0 Å². The maximum atomic E-state index is 11.3. The van der Waals surface area contributed by atoms with Crippen LogP contribution in [0, 0.1) is 12.8 Å². The predicted molar refractivity (Wildman–Crippen MR) is 160 cm³/mol. The van der Waals surface area contributed by atoms with Crippen molar-refractivity contribution < 1.29 is 5.11 Å². The van der Waals surface area contributed by atoms with Crippen LogP contribution in [0.2, 0.25) is 0 Å². The number of benzene rings is 2. The minimum absolute atomic E-state index is 0.0111. The summed E-state index contributed by atoms with van der Waals surface area (Å²) in [6, 6.07) is 24.9. The van der Waals surface area contributed by atoms with Crippen LogP contribution in [-0.4, -0.2) is 41.3 Å². The van der Waals surface area contributed by atoms with E-state index in [9.17, 15) is 5.11 Å². The van der Waals surface area contributed by atoms with Gasteiger partial charge in [0, 0.05) is 52.6 Å². The summed E-state index contributed by atoms with van der Waals surface area (Å²) in [5.41, 5.74) is 15.1. The van der Waals surface area contributed by atoms with Crippen molar-refractivity contribution in [3.8, 4) is 33.5 Å². The number of aromatic nitrogens is 5. The van der Waals surface area contributed by atoms with Gasteiger partial charge in [-0.05, 0) is 55.4 Å². The molecule has 3 N–H and O–H groups in total. The lowest BCUT2D eigenvalue weighted by molar-refractivity contribution is -0.0899. The molecule has 0 unspecified atom stereocenters. The number of aryl methyl sites for hydroxylation is 1. The normalized spacial score (nSPS) is 22.2. The highest BCUT2D eigenvalue weighted by Crippen LogP contribution is 2.57. The quantitative estimate of drug-likeness (QED) is 0.282. The minimum atomic E-state index is -0.667. The standard InChI is InChI=1S/C34H30N6O/c1-20-29(24-8-5-15-36-18-24)33-37-19-25-16-27(21-6-3-2-4-7-21)31(38-32(25)40(33)39-20)23-11-9-22(10-12-23)30-28(35)17-34(30,41)26-13-14-26/h2-12,15-16,18-19,26,28,30,41H,13-14,17,35H2,1H3/t28-,30+,34-/m0/s1. The third-order valence-electron chi connectivity index (χ3n) is 8.99. The molecule has 6 aromatic rings. The fraction of sp³-hybridized carbons (Fsp3) is 0.235. The van der Waals surface area contributed by atoms with E-state index in [1.165, 1.54) is 0 Å². The van der Waals surface area contributed by atoms with Crippen molar-refractivity contribution in [1.29, 1.82) is 0 Å². The average Bonchev–Trinajstić information content (AvgIpc) is 3.80. The number of rotatable bonds is 5. The van der Waals surface area contributed by atoms with Crippen molar-refractivity contribution in [1.82, 2.24) is 24.6 Å². The maximum Gasteiger partial charge on any atom is 0.165 e. The van der Waals surface area contributed by atoms with E-state index in [4.69, 9.17) is 20.8 Å². The number of pyridine rings is 2. The molecule has 0 amide bonds. The van der Waals surface area contributed by atoms with Crippen molar-refractivity contribution in [3.63, 3.8) is 0 Å². The second-order valence-corrected chi connectivity index (χ2v) is 11.6. The van der Waals surface area contributed by atoms with E-state index in [2.05, 4.69) is 47.4 Å². The van der Waals surface area contributed by atoms with Gasteiger partial charge in [-0.3, -0.25) is 4.98 Å². The first-order valence-corrected chi connectivity index (χ1v) is 14.2. The summed E-state index contributed by atoms with van der Waals surface area (Å²) >= 11 is 0. The zero-order valence-corrected chi connectivity index (χ0v) is 22.8. The molecule has 4 heterocycles. The van der Waals surface area contributed by atoms with Crippen molar-refractivity contribution in [3.05, 3.63) is 103 Å². The van der Waals surface area contributed by atoms with E-state index in [1.54, 1.807) is 6.20 Å². The maximum absolute atomic E-state index is 11.3. The van der Waals surface area contributed by atoms with Crippen molar-refractivity contribution >= 4 is 16.7 Å². The highest BCUT2D eigenvalue weighted by atomic mass is 16.3. The molecule has 2 fully saturated rings. The molecule has 0 spiro atoms. The topological polar surface area (TPSA) is 102 Å². The molecule has 41 heavy (non-hydrogen) atoms. The lowest BCUT2D eigenvalue weighted by Crippen LogP contribution is -2.60. The van der Waals surface area contributed by atoms with Gasteiger partial charge in [-0.1, -0.05) is 60.7 Å². The van der Waals surface area contributed by atoms with E-state index in [1.807, 2.05) is 54.2 Å². The van der Waals surface area contributed by atoms with Gasteiger partial charge in [-0.15, -0.1) is 0 Å². The first kappa shape index (κ1) is 24.3. The van der Waals surface area contributed by atoms with Crippen LogP contribution < -0.4 is 5.73 Å². The molecule has 7 heteroatoms. The Hall–Kier alpha value is -4.46. The van der Waals surface area contributed by atoms with Gasteiger partial charge in [0.15, 0.2) is 11.3 Å².